The van der Waals surface area contributed by atoms with Crippen molar-refractivity contribution in [2.45, 2.75) is 32.8 Å². The number of benzene rings is 1. The van der Waals surface area contributed by atoms with E-state index in [0.717, 1.165) is 30.9 Å². The minimum Gasteiger partial charge on any atom is -0.444 e. The van der Waals surface area contributed by atoms with E-state index < -0.39 is 11.7 Å². The first-order valence-corrected chi connectivity index (χ1v) is 9.60. The first-order valence-electron chi connectivity index (χ1n) is 9.60. The maximum Gasteiger partial charge on any atom is 0.407 e. The molecule has 1 atom stereocenters. The molecule has 0 spiro atoms. The molecule has 8 nitrogen and oxygen atoms in total. The highest BCUT2D eigenvalue weighted by molar-refractivity contribution is 5.68. The Morgan fingerprint density at radius 3 is 2.90 bits per heavy atom. The van der Waals surface area contributed by atoms with Crippen LogP contribution in [0, 0.1) is 17.2 Å². The SMILES string of the molecule is CC(C)(C)OC(=O)NCC1CCN(c2cc(-c3cccc(C#N)c3)nc(N)n2)C1. The van der Waals surface area contributed by atoms with E-state index in [0.29, 0.717) is 23.7 Å². The second-order valence-electron chi connectivity index (χ2n) is 8.15. The summed E-state index contributed by atoms with van der Waals surface area (Å²) in [7, 11) is 0. The van der Waals surface area contributed by atoms with Crippen molar-refractivity contribution in [2.24, 2.45) is 5.92 Å². The van der Waals surface area contributed by atoms with Crippen molar-refractivity contribution in [3.8, 4) is 17.3 Å². The van der Waals surface area contributed by atoms with Crippen LogP contribution in [0.4, 0.5) is 16.6 Å². The Morgan fingerprint density at radius 1 is 1.38 bits per heavy atom. The molecule has 1 aromatic heterocycles. The van der Waals surface area contributed by atoms with Gasteiger partial charge in [0.15, 0.2) is 0 Å². The number of hydrogen-bond donors (Lipinski definition) is 2. The maximum atomic E-state index is 11.9. The summed E-state index contributed by atoms with van der Waals surface area (Å²) in [4.78, 5) is 22.7. The molecule has 0 radical (unpaired) electrons. The van der Waals surface area contributed by atoms with Gasteiger partial charge < -0.3 is 20.7 Å². The molecule has 29 heavy (non-hydrogen) atoms. The average molecular weight is 394 g/mol. The van der Waals surface area contributed by atoms with Crippen molar-refractivity contribution in [1.82, 2.24) is 15.3 Å². The van der Waals surface area contributed by atoms with Gasteiger partial charge in [0.1, 0.15) is 11.4 Å². The summed E-state index contributed by atoms with van der Waals surface area (Å²) in [6.07, 6.45) is 0.528. The van der Waals surface area contributed by atoms with E-state index >= 15 is 0 Å². The minimum atomic E-state index is -0.510. The van der Waals surface area contributed by atoms with E-state index in [4.69, 9.17) is 15.7 Å². The van der Waals surface area contributed by atoms with Gasteiger partial charge in [-0.15, -0.1) is 0 Å². The van der Waals surface area contributed by atoms with Crippen molar-refractivity contribution in [1.29, 1.82) is 5.26 Å². The molecule has 1 aromatic carbocycles. The molecule has 1 unspecified atom stereocenters. The van der Waals surface area contributed by atoms with Crippen molar-refractivity contribution < 1.29 is 9.53 Å². The van der Waals surface area contributed by atoms with Gasteiger partial charge in [-0.1, -0.05) is 12.1 Å². The van der Waals surface area contributed by atoms with E-state index in [1.54, 1.807) is 12.1 Å². The average Bonchev–Trinajstić information content (AvgIpc) is 3.14. The minimum absolute atomic E-state index is 0.190. The second-order valence-corrected chi connectivity index (χ2v) is 8.15. The number of nitriles is 1. The molecule has 2 heterocycles. The number of ether oxygens (including phenoxy) is 1. The normalized spacial score (nSPS) is 16.3. The number of aromatic nitrogens is 2. The summed E-state index contributed by atoms with van der Waals surface area (Å²) in [6, 6.07) is 11.3. The molecule has 8 heteroatoms. The van der Waals surface area contributed by atoms with Crippen molar-refractivity contribution in [2.75, 3.05) is 30.3 Å². The third-order valence-corrected chi connectivity index (χ3v) is 4.56. The third kappa shape index (κ3) is 5.57. The highest BCUT2D eigenvalue weighted by atomic mass is 16.6. The maximum absolute atomic E-state index is 11.9. The first-order chi connectivity index (χ1) is 13.7. The first kappa shape index (κ1) is 20.4. The Labute approximate surface area is 170 Å². The number of rotatable bonds is 4. The predicted molar refractivity (Wildman–Crippen MR) is 111 cm³/mol. The number of carbonyl (C=O) groups is 1. The number of amides is 1. The van der Waals surface area contributed by atoms with Gasteiger partial charge in [-0.25, -0.2) is 9.78 Å². The molecule has 0 saturated carbocycles. The van der Waals surface area contributed by atoms with Crippen LogP contribution in [0.2, 0.25) is 0 Å². The number of nitrogens with one attached hydrogen (secondary N) is 1. The number of alkyl carbamates (subject to hydrolysis) is 1. The predicted octanol–water partition coefficient (Wildman–Crippen LogP) is 2.95. The quantitative estimate of drug-likeness (QED) is 0.818. The van der Waals surface area contributed by atoms with Gasteiger partial charge in [0, 0.05) is 31.3 Å². The van der Waals surface area contributed by atoms with Crippen LogP contribution in [-0.2, 0) is 4.74 Å². The molecule has 2 aromatic rings. The third-order valence-electron chi connectivity index (χ3n) is 4.56. The van der Waals surface area contributed by atoms with Gasteiger partial charge in [0.05, 0.1) is 17.3 Å². The summed E-state index contributed by atoms with van der Waals surface area (Å²) in [5.41, 5.74) is 7.50. The van der Waals surface area contributed by atoms with Crippen LogP contribution in [0.1, 0.15) is 32.8 Å². The van der Waals surface area contributed by atoms with E-state index in [-0.39, 0.29) is 5.95 Å². The Hall–Kier alpha value is -3.34. The smallest absolute Gasteiger partial charge is 0.407 e. The fraction of sp³-hybridized carbons (Fsp3) is 0.429. The van der Waals surface area contributed by atoms with Gasteiger partial charge in [-0.2, -0.15) is 10.2 Å². The van der Waals surface area contributed by atoms with E-state index in [1.807, 2.05) is 39.0 Å². The van der Waals surface area contributed by atoms with Crippen LogP contribution in [-0.4, -0.2) is 41.3 Å². The monoisotopic (exact) mass is 394 g/mol. The summed E-state index contributed by atoms with van der Waals surface area (Å²) in [5, 5.41) is 12.0. The van der Waals surface area contributed by atoms with Gasteiger partial charge in [0.25, 0.3) is 0 Å². The van der Waals surface area contributed by atoms with Gasteiger partial charge in [-0.3, -0.25) is 0 Å². The van der Waals surface area contributed by atoms with Crippen molar-refractivity contribution >= 4 is 17.9 Å². The van der Waals surface area contributed by atoms with E-state index in [1.165, 1.54) is 0 Å². The number of nitrogens with zero attached hydrogens (tertiary/aromatic N) is 4. The van der Waals surface area contributed by atoms with Crippen molar-refractivity contribution in [3.05, 3.63) is 35.9 Å². The molecule has 3 rings (SSSR count). The molecular formula is C21H26N6O2. The molecule has 1 aliphatic rings. The summed E-state index contributed by atoms with van der Waals surface area (Å²) in [5.74, 6) is 1.23. The molecular weight excluding hydrogens is 368 g/mol. The molecule has 1 amide bonds. The lowest BCUT2D eigenvalue weighted by molar-refractivity contribution is 0.0520. The zero-order chi connectivity index (χ0) is 21.0. The Balaban J connectivity index is 1.66. The molecule has 1 aliphatic heterocycles. The van der Waals surface area contributed by atoms with Gasteiger partial charge in [0.2, 0.25) is 5.95 Å². The summed E-state index contributed by atoms with van der Waals surface area (Å²) >= 11 is 0. The van der Waals surface area contributed by atoms with Crippen LogP contribution in [0.5, 0.6) is 0 Å². The van der Waals surface area contributed by atoms with Crippen LogP contribution in [0.15, 0.2) is 30.3 Å². The van der Waals surface area contributed by atoms with Gasteiger partial charge >= 0.3 is 6.09 Å². The highest BCUT2D eigenvalue weighted by Gasteiger charge is 2.25. The Kier molecular flexibility index (Phi) is 5.87. The lowest BCUT2D eigenvalue weighted by Crippen LogP contribution is -2.36. The largest absolute Gasteiger partial charge is 0.444 e. The lowest BCUT2D eigenvalue weighted by atomic mass is 10.1. The number of nitrogen functional groups attached to an aromatic ring is 1. The molecule has 1 fully saturated rings. The lowest BCUT2D eigenvalue weighted by Gasteiger charge is -2.21. The van der Waals surface area contributed by atoms with Crippen LogP contribution >= 0.6 is 0 Å². The number of nitrogens with two attached hydrogens (primary N) is 1. The molecule has 152 valence electrons. The summed E-state index contributed by atoms with van der Waals surface area (Å²) < 4.78 is 5.28. The highest BCUT2D eigenvalue weighted by Crippen LogP contribution is 2.27. The summed E-state index contributed by atoms with van der Waals surface area (Å²) in [6.45, 7) is 7.63. The molecule has 3 N–H and O–H groups in total. The molecule has 0 bridgehead atoms. The van der Waals surface area contributed by atoms with Crippen molar-refractivity contribution in [3.63, 3.8) is 0 Å². The number of hydrogen-bond acceptors (Lipinski definition) is 7. The fourth-order valence-corrected chi connectivity index (χ4v) is 3.26. The Morgan fingerprint density at radius 2 is 2.17 bits per heavy atom. The number of anilines is 2. The standard InChI is InChI=1S/C21H26N6O2/c1-21(2,3)29-20(28)24-12-15-7-8-27(13-15)18-10-17(25-19(23)26-18)16-6-4-5-14(9-16)11-22/h4-6,9-10,15H,7-8,12-13H2,1-3H3,(H,24,28)(H2,23,25,26). The van der Waals surface area contributed by atoms with Crippen LogP contribution in [0.3, 0.4) is 0 Å². The Bertz CT molecular complexity index is 931. The zero-order valence-corrected chi connectivity index (χ0v) is 17.0. The van der Waals surface area contributed by atoms with Crippen LogP contribution < -0.4 is 16.0 Å². The van der Waals surface area contributed by atoms with E-state index in [2.05, 4.69) is 26.3 Å². The number of carbonyl (C=O) groups excluding carboxylic acids is 1. The fourth-order valence-electron chi connectivity index (χ4n) is 3.26. The van der Waals surface area contributed by atoms with E-state index in [9.17, 15) is 4.79 Å². The van der Waals surface area contributed by atoms with Gasteiger partial charge in [-0.05, 0) is 45.2 Å². The van der Waals surface area contributed by atoms with Crippen LogP contribution in [0.25, 0.3) is 11.3 Å². The topological polar surface area (TPSA) is 117 Å². The zero-order valence-electron chi connectivity index (χ0n) is 17.0. The second kappa shape index (κ2) is 8.35. The molecule has 0 aliphatic carbocycles. The molecule has 1 saturated heterocycles.